The lowest BCUT2D eigenvalue weighted by Gasteiger charge is -2.28. The molecular formula is C74H107IN9O23P. The number of allylic oxidation sites excluding steroid dienone is 1. The van der Waals surface area contributed by atoms with Gasteiger partial charge in [0.15, 0.2) is 0 Å². The van der Waals surface area contributed by atoms with Crippen LogP contribution in [0, 0.1) is 3.57 Å². The number of hydrogen-bond donors (Lipinski definition) is 12. The number of para-hydroxylation sites is 1. The number of anilines is 1. The second-order valence-corrected chi connectivity index (χ2v) is 28.5. The van der Waals surface area contributed by atoms with Crippen molar-refractivity contribution in [1.29, 1.82) is 0 Å². The fraction of sp³-hybridized carbons (Fsp3) is 0.568. The Balaban J connectivity index is 1.12. The number of hydrogen-bond acceptors (Lipinski definition) is 19. The molecule has 0 aliphatic carbocycles. The fourth-order valence-electron chi connectivity index (χ4n) is 11.1. The summed E-state index contributed by atoms with van der Waals surface area (Å²) in [4.78, 5) is 163. The first kappa shape index (κ1) is 92.1. The van der Waals surface area contributed by atoms with E-state index in [-0.39, 0.29) is 161 Å². The van der Waals surface area contributed by atoms with E-state index in [4.69, 9.17) is 33.3 Å². The van der Waals surface area contributed by atoms with Gasteiger partial charge in [0.1, 0.15) is 24.2 Å². The molecule has 0 fully saturated rings. The average molecular weight is 1650 g/mol. The van der Waals surface area contributed by atoms with Gasteiger partial charge in [-0.15, -0.1) is 0 Å². The maximum atomic E-state index is 13.9. The van der Waals surface area contributed by atoms with Gasteiger partial charge in [0.2, 0.25) is 47.3 Å². The van der Waals surface area contributed by atoms with Crippen LogP contribution in [0.15, 0.2) is 72.8 Å². The third kappa shape index (κ3) is 39.7. The third-order valence-electron chi connectivity index (χ3n) is 17.0. The molecule has 3 aromatic rings. The first-order valence-electron chi connectivity index (χ1n) is 36.4. The number of fused-ring (bicyclic) bond motifs is 2. The molecule has 0 radical (unpaired) electrons. The Hall–Kier alpha value is -8.28. The second-order valence-electron chi connectivity index (χ2n) is 25.7. The number of aryl methyl sites for hydroxylation is 1. The van der Waals surface area contributed by atoms with Crippen molar-refractivity contribution in [3.63, 3.8) is 0 Å². The molecule has 34 heteroatoms. The molecule has 32 nitrogen and oxygen atoms in total. The molecule has 0 bridgehead atoms. The number of carboxylic acid groups (broad SMARTS) is 3. The van der Waals surface area contributed by atoms with Crippen molar-refractivity contribution in [3.8, 4) is 0 Å². The van der Waals surface area contributed by atoms with E-state index in [2.05, 4.69) is 65.9 Å². The average Bonchev–Trinajstić information content (AvgIpc) is 0.792. The predicted octanol–water partition coefficient (Wildman–Crippen LogP) is 5.62. The Labute approximate surface area is 643 Å². The van der Waals surface area contributed by atoms with Crippen molar-refractivity contribution in [1.82, 2.24) is 42.3 Å². The summed E-state index contributed by atoms with van der Waals surface area (Å²) in [5, 5.41) is 48.5. The van der Waals surface area contributed by atoms with Gasteiger partial charge in [0.05, 0.1) is 78.8 Å². The fourth-order valence-corrected chi connectivity index (χ4v) is 12.5. The van der Waals surface area contributed by atoms with Crippen LogP contribution in [-0.2, 0) is 103 Å². The number of methoxy groups -OCH3 is 1. The van der Waals surface area contributed by atoms with E-state index < -0.39 is 104 Å². The van der Waals surface area contributed by atoms with E-state index in [1.807, 2.05) is 84.8 Å². The Morgan fingerprint density at radius 3 is 1.74 bits per heavy atom. The maximum Gasteiger partial charge on any atom is 0.403 e. The molecular weight excluding hydrogens is 1540 g/mol. The van der Waals surface area contributed by atoms with Crippen LogP contribution in [0.2, 0.25) is 0 Å². The van der Waals surface area contributed by atoms with Gasteiger partial charge in [0.25, 0.3) is 0 Å². The molecule has 0 aromatic heterocycles. The Morgan fingerprint density at radius 2 is 1.06 bits per heavy atom. The number of halogens is 1. The molecule has 12 N–H and O–H groups in total. The highest BCUT2D eigenvalue weighted by molar-refractivity contribution is 14.1. The summed E-state index contributed by atoms with van der Waals surface area (Å²) in [6.07, 6.45) is 4.39. The standard InChI is InChI=1S/C74H107IN9O23P/c1-51-49-54-17-6-7-18-55(54)50-84(62-21-9-8-19-57(51)62)69(91)34-33-65(87)78-39-42-104-44-46-106-48-47-105-45-43-103-41-36-68(90)80-58(71(94)82-61(74(99)102-3)20-10-12-38-76-63(85)23-13-16-53-24-26-56(75)27-25-53)28-31-64(86)77-37-11-4-5-22-66(88)81-59(72(95)96)29-32-67(89)79-52(2)15-14-40-107-108(100,101)83-60(73(97)98)30-35-70(92)93/h6-9,17-19,21,24-27,49,52,58-61H,4-5,10-16,20,22-23,28-48,50H2,1-3H3,(H,76,85)(H,77,86)(H,78,87)(H,79,89)(H,80,90)(H,81,88)(H,82,94)(H,92,93)(H,95,96)(H,97,98)(H2,83,100,101)/b51-49-/t52-,58?,59?,60?,61?/m1/s1. The summed E-state index contributed by atoms with van der Waals surface area (Å²) in [6, 6.07) is 17.9. The number of esters is 1. The van der Waals surface area contributed by atoms with E-state index in [0.29, 0.717) is 58.0 Å². The SMILES string of the molecule is COC(=O)C(CCCCNC(=O)CCCc1ccc(I)cc1)NC(=O)C(CCC(=O)NCCCCCC(=O)NC(CCC(=O)N[C@H](C)CCCOP(=O)(O)NC(CCC(=O)O)C(=O)O)C(=O)O)NC(=O)CCOCCOCCOCCOCCNC(=O)CCC(=O)N1Cc2ccccc2/C=C(/C)c2ccccc21. The van der Waals surface area contributed by atoms with Crippen LogP contribution in [0.25, 0.3) is 11.6 Å². The molecule has 3 aromatic carbocycles. The van der Waals surface area contributed by atoms with E-state index in [0.717, 1.165) is 43.5 Å². The zero-order chi connectivity index (χ0) is 79.1. The summed E-state index contributed by atoms with van der Waals surface area (Å²) in [6.45, 7) is 6.05. The number of nitrogens with zero attached hydrogens (tertiary/aromatic N) is 1. The van der Waals surface area contributed by atoms with Crippen LogP contribution in [0.3, 0.4) is 0 Å². The molecule has 108 heavy (non-hydrogen) atoms. The molecule has 4 rings (SSSR count). The number of nitrogens with one attached hydrogen (secondary N) is 8. The summed E-state index contributed by atoms with van der Waals surface area (Å²) in [5.74, 6) is -8.34. The molecule has 5 unspecified atom stereocenters. The molecule has 1 aliphatic rings. The number of amides is 8. The van der Waals surface area contributed by atoms with Crippen LogP contribution < -0.4 is 47.2 Å². The monoisotopic (exact) mass is 1650 g/mol. The zero-order valence-electron chi connectivity index (χ0n) is 61.8. The quantitative estimate of drug-likeness (QED) is 0.0141. The molecule has 598 valence electrons. The summed E-state index contributed by atoms with van der Waals surface area (Å²) < 4.78 is 45.7. The lowest BCUT2D eigenvalue weighted by molar-refractivity contribution is -0.146. The lowest BCUT2D eigenvalue weighted by atomic mass is 9.96. The lowest BCUT2D eigenvalue weighted by Crippen LogP contribution is -2.52. The van der Waals surface area contributed by atoms with Crippen molar-refractivity contribution in [2.45, 2.75) is 185 Å². The van der Waals surface area contributed by atoms with Crippen molar-refractivity contribution >= 4 is 119 Å². The van der Waals surface area contributed by atoms with Gasteiger partial charge in [-0.25, -0.2) is 19.2 Å². The Bertz CT molecular complexity index is 3460. The van der Waals surface area contributed by atoms with Gasteiger partial charge in [0, 0.05) is 86.2 Å². The van der Waals surface area contributed by atoms with E-state index in [1.165, 1.54) is 7.11 Å². The normalized spacial score (nSPS) is 14.2. The number of carbonyl (C=O) groups excluding carboxylic acids is 9. The van der Waals surface area contributed by atoms with Crippen molar-refractivity contribution < 1.29 is 111 Å². The number of rotatable bonds is 57. The molecule has 8 amide bonds. The van der Waals surface area contributed by atoms with Crippen molar-refractivity contribution in [2.75, 3.05) is 91.1 Å². The highest BCUT2D eigenvalue weighted by atomic mass is 127. The van der Waals surface area contributed by atoms with Gasteiger partial charge in [-0.3, -0.25) is 52.5 Å². The molecule has 6 atom stereocenters. The van der Waals surface area contributed by atoms with Crippen LogP contribution in [0.1, 0.15) is 165 Å². The van der Waals surface area contributed by atoms with Crippen LogP contribution >= 0.6 is 30.3 Å². The largest absolute Gasteiger partial charge is 0.481 e. The summed E-state index contributed by atoms with van der Waals surface area (Å²) >= 11 is 2.23. The topological polar surface area (TPSA) is 458 Å². The Morgan fingerprint density at radius 1 is 0.509 bits per heavy atom. The minimum absolute atomic E-state index is 0.0240. The van der Waals surface area contributed by atoms with E-state index in [9.17, 15) is 77.2 Å². The Kier molecular flexibility index (Phi) is 45.0. The van der Waals surface area contributed by atoms with Gasteiger partial charge in [-0.2, -0.15) is 0 Å². The van der Waals surface area contributed by atoms with Crippen LogP contribution in [-0.4, -0.2) is 208 Å². The first-order chi connectivity index (χ1) is 51.7. The molecule has 1 heterocycles. The minimum atomic E-state index is -4.62. The van der Waals surface area contributed by atoms with Crippen LogP contribution in [0.4, 0.5) is 5.69 Å². The highest BCUT2D eigenvalue weighted by Gasteiger charge is 2.31. The molecule has 0 saturated carbocycles. The van der Waals surface area contributed by atoms with Gasteiger partial charge < -0.3 is 86.0 Å². The second kappa shape index (κ2) is 52.7. The minimum Gasteiger partial charge on any atom is -0.481 e. The van der Waals surface area contributed by atoms with Gasteiger partial charge in [-0.05, 0) is 154 Å². The molecule has 1 aliphatic heterocycles. The van der Waals surface area contributed by atoms with Gasteiger partial charge in [-0.1, -0.05) is 67.1 Å². The zero-order valence-corrected chi connectivity index (χ0v) is 64.8. The summed E-state index contributed by atoms with van der Waals surface area (Å²) in [7, 11) is -3.45. The van der Waals surface area contributed by atoms with Crippen LogP contribution in [0.5, 0.6) is 0 Å². The van der Waals surface area contributed by atoms with Crippen molar-refractivity contribution in [3.05, 3.63) is 98.6 Å². The highest BCUT2D eigenvalue weighted by Crippen LogP contribution is 2.38. The third-order valence-corrected chi connectivity index (χ3v) is 18.8. The smallest absolute Gasteiger partial charge is 0.403 e. The molecule has 0 saturated heterocycles. The van der Waals surface area contributed by atoms with Crippen molar-refractivity contribution in [2.24, 2.45) is 0 Å². The van der Waals surface area contributed by atoms with E-state index >= 15 is 0 Å². The van der Waals surface area contributed by atoms with E-state index in [1.54, 1.807) is 11.8 Å². The van der Waals surface area contributed by atoms with Gasteiger partial charge >= 0.3 is 31.6 Å². The summed E-state index contributed by atoms with van der Waals surface area (Å²) in [5.41, 5.74) is 6.00. The maximum absolute atomic E-state index is 13.9. The molecule has 0 spiro atoms. The number of carboxylic acids is 3. The first-order valence-corrected chi connectivity index (χ1v) is 39.1. The number of unbranched alkanes of at least 4 members (excludes halogenated alkanes) is 3. The number of benzene rings is 3. The predicted molar refractivity (Wildman–Crippen MR) is 406 cm³/mol. The number of carbonyl (C=O) groups is 12. The number of ether oxygens (including phenoxy) is 5. The number of aliphatic carboxylic acids is 3.